The summed E-state index contributed by atoms with van der Waals surface area (Å²) in [6, 6.07) is 4.28. The number of allylic oxidation sites excluding steroid dienone is 6. The molecule has 0 nitrogen and oxygen atoms in total. The van der Waals surface area contributed by atoms with Crippen LogP contribution in [-0.4, -0.2) is 0 Å². The van der Waals surface area contributed by atoms with Gasteiger partial charge in [-0.3, -0.25) is 0 Å². The largest absolute Gasteiger partial charge is 0.137 e. The van der Waals surface area contributed by atoms with Crippen LogP contribution in [0.4, 0.5) is 0 Å². The molecule has 1 aromatic heterocycles. The van der Waals surface area contributed by atoms with E-state index >= 15 is 0 Å². The zero-order valence-corrected chi connectivity index (χ0v) is 10.00. The van der Waals surface area contributed by atoms with Crippen molar-refractivity contribution < 1.29 is 0 Å². The van der Waals surface area contributed by atoms with Crippen LogP contribution < -0.4 is 0 Å². The molecule has 0 aliphatic rings. The number of rotatable bonds is 4. The van der Waals surface area contributed by atoms with E-state index in [0.29, 0.717) is 0 Å². The van der Waals surface area contributed by atoms with E-state index in [9.17, 15) is 0 Å². The van der Waals surface area contributed by atoms with Crippen molar-refractivity contribution in [1.29, 1.82) is 0 Å². The van der Waals surface area contributed by atoms with Crippen LogP contribution in [0.2, 0.25) is 0 Å². The minimum absolute atomic E-state index is 1.29. The molecule has 15 heavy (non-hydrogen) atoms. The van der Waals surface area contributed by atoms with Crippen LogP contribution in [0.15, 0.2) is 48.6 Å². The van der Waals surface area contributed by atoms with Crippen LogP contribution in [0.3, 0.4) is 0 Å². The molecule has 0 aromatic carbocycles. The van der Waals surface area contributed by atoms with Crippen LogP contribution in [0.1, 0.15) is 23.6 Å². The highest BCUT2D eigenvalue weighted by Gasteiger charge is 1.91. The zero-order valence-electron chi connectivity index (χ0n) is 9.18. The molecule has 0 unspecified atom stereocenters. The lowest BCUT2D eigenvalue weighted by atomic mass is 10.3. The van der Waals surface area contributed by atoms with Crippen molar-refractivity contribution in [2.75, 3.05) is 0 Å². The standard InChI is InChI=1S/C14H16S/c1-3-5-6-7-8-10-14-12-11-13(15-14)9-4-2/h3-12H,1-2H3/b5-3+,7-6+,9-4+,10-8+. The minimum Gasteiger partial charge on any atom is -0.137 e. The van der Waals surface area contributed by atoms with Gasteiger partial charge in [0.2, 0.25) is 0 Å². The average molecular weight is 216 g/mol. The third-order valence-corrected chi connectivity index (χ3v) is 2.78. The molecular formula is C14H16S. The van der Waals surface area contributed by atoms with Crippen LogP contribution in [0.25, 0.3) is 12.2 Å². The maximum absolute atomic E-state index is 2.14. The Morgan fingerprint density at radius 3 is 2.13 bits per heavy atom. The van der Waals surface area contributed by atoms with Crippen molar-refractivity contribution in [2.24, 2.45) is 0 Å². The summed E-state index contributed by atoms with van der Waals surface area (Å²) in [6.45, 7) is 4.05. The van der Waals surface area contributed by atoms with Gasteiger partial charge in [0, 0.05) is 9.75 Å². The van der Waals surface area contributed by atoms with Gasteiger partial charge >= 0.3 is 0 Å². The molecule has 0 saturated heterocycles. The summed E-state index contributed by atoms with van der Waals surface area (Å²) in [4.78, 5) is 2.59. The van der Waals surface area contributed by atoms with Gasteiger partial charge in [-0.1, -0.05) is 36.5 Å². The second-order valence-electron chi connectivity index (χ2n) is 3.01. The fourth-order valence-electron chi connectivity index (χ4n) is 1.10. The van der Waals surface area contributed by atoms with E-state index in [-0.39, 0.29) is 0 Å². The van der Waals surface area contributed by atoms with Crippen LogP contribution in [0.5, 0.6) is 0 Å². The highest BCUT2D eigenvalue weighted by Crippen LogP contribution is 2.19. The Labute approximate surface area is 96.0 Å². The van der Waals surface area contributed by atoms with Crippen LogP contribution in [0, 0.1) is 0 Å². The van der Waals surface area contributed by atoms with E-state index in [0.717, 1.165) is 0 Å². The lowest BCUT2D eigenvalue weighted by Gasteiger charge is -1.81. The number of hydrogen-bond acceptors (Lipinski definition) is 1. The SMILES string of the molecule is C/C=C/C=C/C=C/c1ccc(/C=C/C)s1. The first-order valence-corrected chi connectivity index (χ1v) is 5.87. The normalized spacial score (nSPS) is 12.9. The van der Waals surface area contributed by atoms with E-state index in [1.54, 1.807) is 11.3 Å². The maximum atomic E-state index is 2.14. The van der Waals surface area contributed by atoms with Crippen molar-refractivity contribution in [3.8, 4) is 0 Å². The Kier molecular flexibility index (Phi) is 5.49. The third-order valence-electron chi connectivity index (χ3n) is 1.76. The Balaban J connectivity index is 2.56. The van der Waals surface area contributed by atoms with Crippen molar-refractivity contribution in [3.05, 3.63) is 58.3 Å². The monoisotopic (exact) mass is 216 g/mol. The van der Waals surface area contributed by atoms with Gasteiger partial charge < -0.3 is 0 Å². The second-order valence-corrected chi connectivity index (χ2v) is 4.16. The molecule has 0 fully saturated rings. The molecule has 1 heterocycles. The van der Waals surface area contributed by atoms with Gasteiger partial charge in [0.15, 0.2) is 0 Å². The molecule has 1 heteroatoms. The fraction of sp³-hybridized carbons (Fsp3) is 0.143. The van der Waals surface area contributed by atoms with Crippen molar-refractivity contribution >= 4 is 23.5 Å². The minimum atomic E-state index is 1.29. The lowest BCUT2D eigenvalue weighted by molar-refractivity contribution is 1.73. The zero-order chi connectivity index (χ0) is 10.9. The molecule has 1 aromatic rings. The lowest BCUT2D eigenvalue weighted by Crippen LogP contribution is -1.54. The quantitative estimate of drug-likeness (QED) is 0.626. The van der Waals surface area contributed by atoms with E-state index in [2.05, 4.69) is 36.4 Å². The van der Waals surface area contributed by atoms with E-state index in [1.807, 2.05) is 38.2 Å². The summed E-state index contributed by atoms with van der Waals surface area (Å²) in [5, 5.41) is 0. The Bertz CT molecular complexity index is 389. The summed E-state index contributed by atoms with van der Waals surface area (Å²) in [5.41, 5.74) is 0. The molecular weight excluding hydrogens is 200 g/mol. The van der Waals surface area contributed by atoms with Crippen LogP contribution in [-0.2, 0) is 0 Å². The summed E-state index contributed by atoms with van der Waals surface area (Å²) < 4.78 is 0. The van der Waals surface area contributed by atoms with Gasteiger partial charge in [0.25, 0.3) is 0 Å². The smallest absolute Gasteiger partial charge is 0.0276 e. The van der Waals surface area contributed by atoms with E-state index in [1.165, 1.54) is 9.75 Å². The maximum Gasteiger partial charge on any atom is 0.0276 e. The molecule has 0 bridgehead atoms. The highest BCUT2D eigenvalue weighted by atomic mass is 32.1. The predicted molar refractivity (Wildman–Crippen MR) is 72.0 cm³/mol. The Hall–Kier alpha value is -1.34. The van der Waals surface area contributed by atoms with Gasteiger partial charge in [-0.2, -0.15) is 0 Å². The van der Waals surface area contributed by atoms with Crippen molar-refractivity contribution in [3.63, 3.8) is 0 Å². The molecule has 0 aliphatic carbocycles. The molecule has 0 spiro atoms. The first kappa shape index (κ1) is 11.7. The number of hydrogen-bond donors (Lipinski definition) is 0. The molecule has 0 saturated carbocycles. The second kappa shape index (κ2) is 7.02. The highest BCUT2D eigenvalue weighted by molar-refractivity contribution is 7.13. The summed E-state index contributed by atoms with van der Waals surface area (Å²) in [6.07, 6.45) is 16.5. The van der Waals surface area contributed by atoms with Gasteiger partial charge in [-0.25, -0.2) is 0 Å². The first-order chi connectivity index (χ1) is 7.36. The van der Waals surface area contributed by atoms with E-state index in [4.69, 9.17) is 0 Å². The Morgan fingerprint density at radius 2 is 1.47 bits per heavy atom. The molecule has 78 valence electrons. The summed E-state index contributed by atoms with van der Waals surface area (Å²) in [5.74, 6) is 0. The van der Waals surface area contributed by atoms with Crippen LogP contribution >= 0.6 is 11.3 Å². The van der Waals surface area contributed by atoms with Crippen molar-refractivity contribution in [2.45, 2.75) is 13.8 Å². The summed E-state index contributed by atoms with van der Waals surface area (Å²) >= 11 is 1.80. The van der Waals surface area contributed by atoms with Gasteiger partial charge in [0.1, 0.15) is 0 Å². The van der Waals surface area contributed by atoms with Gasteiger partial charge in [0.05, 0.1) is 0 Å². The molecule has 0 amide bonds. The van der Waals surface area contributed by atoms with Gasteiger partial charge in [-0.05, 0) is 38.1 Å². The predicted octanol–water partition coefficient (Wildman–Crippen LogP) is 4.93. The van der Waals surface area contributed by atoms with Gasteiger partial charge in [-0.15, -0.1) is 11.3 Å². The average Bonchev–Trinajstić information content (AvgIpc) is 2.66. The molecule has 1 rings (SSSR count). The summed E-state index contributed by atoms with van der Waals surface area (Å²) in [7, 11) is 0. The molecule has 0 atom stereocenters. The van der Waals surface area contributed by atoms with E-state index < -0.39 is 0 Å². The third kappa shape index (κ3) is 4.61. The molecule has 0 radical (unpaired) electrons. The molecule has 0 N–H and O–H groups in total. The topological polar surface area (TPSA) is 0 Å². The fourth-order valence-corrected chi connectivity index (χ4v) is 2.00. The molecule has 0 aliphatic heterocycles. The first-order valence-electron chi connectivity index (χ1n) is 5.05. The van der Waals surface area contributed by atoms with Crippen molar-refractivity contribution in [1.82, 2.24) is 0 Å². The Morgan fingerprint density at radius 1 is 0.800 bits per heavy atom. The number of thiophene rings is 1.